The van der Waals surface area contributed by atoms with Gasteiger partial charge in [0.2, 0.25) is 0 Å². The average molecular weight is 396 g/mol. The van der Waals surface area contributed by atoms with Crippen LogP contribution >= 0.6 is 22.9 Å². The van der Waals surface area contributed by atoms with Crippen LogP contribution in [-0.2, 0) is 0 Å². The first-order valence-electron chi connectivity index (χ1n) is 8.11. The van der Waals surface area contributed by atoms with E-state index in [0.29, 0.717) is 21.5 Å². The number of aromatic nitrogens is 4. The van der Waals surface area contributed by atoms with Gasteiger partial charge < -0.3 is 0 Å². The molecule has 134 valence electrons. The van der Waals surface area contributed by atoms with Crippen LogP contribution in [0.1, 0.15) is 15.2 Å². The quantitative estimate of drug-likeness (QED) is 0.547. The van der Waals surface area contributed by atoms with Crippen LogP contribution in [0.3, 0.4) is 0 Å². The number of carbonyl (C=O) groups is 1. The van der Waals surface area contributed by atoms with Gasteiger partial charge in [-0.25, -0.2) is 14.6 Å². The minimum atomic E-state index is -0.258. The Morgan fingerprint density at radius 2 is 2.00 bits per heavy atom. The lowest BCUT2D eigenvalue weighted by atomic mass is 10.1. The molecule has 0 spiro atoms. The lowest BCUT2D eigenvalue weighted by molar-refractivity contribution is 0.102. The monoisotopic (exact) mass is 395 g/mol. The molecule has 8 heteroatoms. The van der Waals surface area contributed by atoms with E-state index >= 15 is 0 Å². The number of thiazole rings is 1. The highest BCUT2D eigenvalue weighted by atomic mass is 35.5. The molecule has 1 N–H and O–H groups in total. The fourth-order valence-corrected chi connectivity index (χ4v) is 3.51. The fourth-order valence-electron chi connectivity index (χ4n) is 2.55. The molecule has 27 heavy (non-hydrogen) atoms. The summed E-state index contributed by atoms with van der Waals surface area (Å²) in [6, 6.07) is 12.7. The smallest absolute Gasteiger partial charge is 0.259 e. The van der Waals surface area contributed by atoms with Crippen molar-refractivity contribution in [3.05, 3.63) is 76.5 Å². The standard InChI is InChI=1S/C19H14ClN5OS/c1-12-17(13-3-6-15(20)7-4-13)23-19(27-12)24-18(26)14-5-8-16(21-11-14)25-10-2-9-22-25/h2-11H,1H3,(H,23,24,26). The molecule has 0 aliphatic rings. The van der Waals surface area contributed by atoms with E-state index < -0.39 is 0 Å². The van der Waals surface area contributed by atoms with Gasteiger partial charge in [-0.1, -0.05) is 23.7 Å². The summed E-state index contributed by atoms with van der Waals surface area (Å²) in [5, 5.41) is 8.16. The number of nitrogens with one attached hydrogen (secondary N) is 1. The molecule has 1 amide bonds. The number of halogens is 1. The number of amides is 1. The van der Waals surface area contributed by atoms with Crippen molar-refractivity contribution in [1.29, 1.82) is 0 Å². The molecule has 3 aromatic heterocycles. The highest BCUT2D eigenvalue weighted by molar-refractivity contribution is 7.16. The van der Waals surface area contributed by atoms with E-state index in [-0.39, 0.29) is 5.91 Å². The van der Waals surface area contributed by atoms with Crippen molar-refractivity contribution < 1.29 is 4.79 Å². The summed E-state index contributed by atoms with van der Waals surface area (Å²) in [6.45, 7) is 1.97. The summed E-state index contributed by atoms with van der Waals surface area (Å²) < 4.78 is 1.63. The number of hydrogen-bond acceptors (Lipinski definition) is 5. The number of nitrogens with zero attached hydrogens (tertiary/aromatic N) is 4. The van der Waals surface area contributed by atoms with Crippen molar-refractivity contribution in [2.24, 2.45) is 0 Å². The lowest BCUT2D eigenvalue weighted by Crippen LogP contribution is -2.12. The van der Waals surface area contributed by atoms with E-state index in [1.54, 1.807) is 29.2 Å². The molecule has 4 aromatic rings. The number of anilines is 1. The van der Waals surface area contributed by atoms with Gasteiger partial charge in [0.1, 0.15) is 0 Å². The summed E-state index contributed by atoms with van der Waals surface area (Å²) in [4.78, 5) is 22.3. The van der Waals surface area contributed by atoms with Gasteiger partial charge >= 0.3 is 0 Å². The van der Waals surface area contributed by atoms with Crippen LogP contribution in [0, 0.1) is 6.92 Å². The molecule has 0 unspecified atom stereocenters. The SMILES string of the molecule is Cc1sc(NC(=O)c2ccc(-n3cccn3)nc2)nc1-c1ccc(Cl)cc1. The average Bonchev–Trinajstić information content (AvgIpc) is 3.33. The van der Waals surface area contributed by atoms with Crippen LogP contribution in [0.4, 0.5) is 5.13 Å². The molecule has 0 aliphatic heterocycles. The Kier molecular flexibility index (Phi) is 4.70. The minimum absolute atomic E-state index is 0.258. The van der Waals surface area contributed by atoms with E-state index in [1.165, 1.54) is 17.5 Å². The summed E-state index contributed by atoms with van der Waals surface area (Å²) >= 11 is 7.37. The third kappa shape index (κ3) is 3.74. The normalized spacial score (nSPS) is 10.7. The van der Waals surface area contributed by atoms with Gasteiger partial charge in [-0.15, -0.1) is 11.3 Å². The maximum Gasteiger partial charge on any atom is 0.259 e. The number of benzene rings is 1. The molecule has 4 rings (SSSR count). The highest BCUT2D eigenvalue weighted by Crippen LogP contribution is 2.31. The van der Waals surface area contributed by atoms with Crippen LogP contribution in [-0.4, -0.2) is 25.7 Å². The third-order valence-electron chi connectivity index (χ3n) is 3.88. The van der Waals surface area contributed by atoms with Gasteiger partial charge in [0.15, 0.2) is 10.9 Å². The minimum Gasteiger partial charge on any atom is -0.298 e. The van der Waals surface area contributed by atoms with Gasteiger partial charge in [0, 0.05) is 34.1 Å². The molecule has 3 heterocycles. The molecule has 0 bridgehead atoms. The second-order valence-electron chi connectivity index (χ2n) is 5.74. The Morgan fingerprint density at radius 1 is 1.19 bits per heavy atom. The zero-order valence-electron chi connectivity index (χ0n) is 14.3. The molecule has 0 radical (unpaired) electrons. The zero-order chi connectivity index (χ0) is 18.8. The molecule has 0 saturated carbocycles. The number of carbonyl (C=O) groups excluding carboxylic acids is 1. The first kappa shape index (κ1) is 17.4. The highest BCUT2D eigenvalue weighted by Gasteiger charge is 2.14. The Labute approximate surface area is 164 Å². The second-order valence-corrected chi connectivity index (χ2v) is 7.38. The molecule has 0 saturated heterocycles. The topological polar surface area (TPSA) is 72.7 Å². The third-order valence-corrected chi connectivity index (χ3v) is 5.02. The lowest BCUT2D eigenvalue weighted by Gasteiger charge is -2.03. The van der Waals surface area contributed by atoms with Crippen LogP contribution < -0.4 is 5.32 Å². The predicted octanol–water partition coefficient (Wildman–Crippen LogP) is 4.60. The van der Waals surface area contributed by atoms with E-state index in [2.05, 4.69) is 20.4 Å². The van der Waals surface area contributed by atoms with E-state index in [4.69, 9.17) is 11.6 Å². The van der Waals surface area contributed by atoms with Crippen molar-refractivity contribution in [3.8, 4) is 17.1 Å². The van der Waals surface area contributed by atoms with Crippen LogP contribution in [0.2, 0.25) is 5.02 Å². The van der Waals surface area contributed by atoms with Gasteiger partial charge in [-0.3, -0.25) is 10.1 Å². The Bertz CT molecular complexity index is 1070. The Balaban J connectivity index is 1.51. The molecule has 0 aliphatic carbocycles. The number of rotatable bonds is 4. The van der Waals surface area contributed by atoms with Gasteiger partial charge in [0.05, 0.1) is 11.3 Å². The van der Waals surface area contributed by atoms with Crippen LogP contribution in [0.15, 0.2) is 61.1 Å². The number of pyridine rings is 1. The molecule has 0 atom stereocenters. The van der Waals surface area contributed by atoms with Crippen molar-refractivity contribution in [2.75, 3.05) is 5.32 Å². The molecular weight excluding hydrogens is 382 g/mol. The first-order valence-corrected chi connectivity index (χ1v) is 9.30. The Hall–Kier alpha value is -3.03. The summed E-state index contributed by atoms with van der Waals surface area (Å²) in [7, 11) is 0. The maximum absolute atomic E-state index is 12.5. The predicted molar refractivity (Wildman–Crippen MR) is 107 cm³/mol. The van der Waals surface area contributed by atoms with Crippen molar-refractivity contribution >= 4 is 34.0 Å². The first-order chi connectivity index (χ1) is 13.1. The van der Waals surface area contributed by atoms with Gasteiger partial charge in [0.25, 0.3) is 5.91 Å². The number of aryl methyl sites for hydroxylation is 1. The van der Waals surface area contributed by atoms with Crippen LogP contribution in [0.25, 0.3) is 17.1 Å². The van der Waals surface area contributed by atoms with E-state index in [9.17, 15) is 4.79 Å². The summed E-state index contributed by atoms with van der Waals surface area (Å²) in [5.41, 5.74) is 2.24. The van der Waals surface area contributed by atoms with Crippen molar-refractivity contribution in [2.45, 2.75) is 6.92 Å². The fraction of sp³-hybridized carbons (Fsp3) is 0.0526. The summed E-state index contributed by atoms with van der Waals surface area (Å²) in [5.74, 6) is 0.387. The molecule has 6 nitrogen and oxygen atoms in total. The van der Waals surface area contributed by atoms with Crippen molar-refractivity contribution in [1.82, 2.24) is 19.7 Å². The second kappa shape index (κ2) is 7.30. The van der Waals surface area contributed by atoms with Crippen molar-refractivity contribution in [3.63, 3.8) is 0 Å². The molecule has 1 aromatic carbocycles. The number of hydrogen-bond donors (Lipinski definition) is 1. The zero-order valence-corrected chi connectivity index (χ0v) is 15.8. The molecule has 0 fully saturated rings. The Morgan fingerprint density at radius 3 is 2.67 bits per heavy atom. The summed E-state index contributed by atoms with van der Waals surface area (Å²) in [6.07, 6.45) is 4.98. The van der Waals surface area contributed by atoms with Gasteiger partial charge in [-0.2, -0.15) is 5.10 Å². The van der Waals surface area contributed by atoms with Gasteiger partial charge in [-0.05, 0) is 37.3 Å². The van der Waals surface area contributed by atoms with E-state index in [0.717, 1.165) is 16.1 Å². The molecular formula is C19H14ClN5OS. The van der Waals surface area contributed by atoms with Crippen LogP contribution in [0.5, 0.6) is 0 Å². The van der Waals surface area contributed by atoms with E-state index in [1.807, 2.05) is 37.3 Å². The maximum atomic E-state index is 12.5. The largest absolute Gasteiger partial charge is 0.298 e.